The third-order valence-electron chi connectivity index (χ3n) is 10.1. The third kappa shape index (κ3) is 4.36. The molecule has 38 heavy (non-hydrogen) atoms. The van der Waals surface area contributed by atoms with E-state index in [1.807, 2.05) is 6.07 Å². The molecule has 3 fully saturated rings. The first-order chi connectivity index (χ1) is 18.5. The third-order valence-corrected chi connectivity index (χ3v) is 10.1. The second-order valence-corrected chi connectivity index (χ2v) is 12.6. The fraction of sp³-hybridized carbons (Fsp3) is 0.719. The summed E-state index contributed by atoms with van der Waals surface area (Å²) in [5.41, 5.74) is 1.93. The maximum Gasteiger partial charge on any atom is 0.513 e. The number of hydrogen-bond donors (Lipinski definition) is 1. The average Bonchev–Trinajstić information content (AvgIpc) is 3.64. The summed E-state index contributed by atoms with van der Waals surface area (Å²) in [5.74, 6) is 1.81. The van der Waals surface area contributed by atoms with Gasteiger partial charge in [0.2, 0.25) is 0 Å². The number of hydrogen-bond acceptors (Lipinski definition) is 6. The predicted molar refractivity (Wildman–Crippen MR) is 147 cm³/mol. The summed E-state index contributed by atoms with van der Waals surface area (Å²) >= 11 is 0. The lowest BCUT2D eigenvalue weighted by atomic mass is 9.48. The monoisotopic (exact) mass is 523 g/mol. The summed E-state index contributed by atoms with van der Waals surface area (Å²) in [6.07, 6.45) is 14.3. The largest absolute Gasteiger partial charge is 0.513 e. The molecule has 208 valence electrons. The highest BCUT2D eigenvalue weighted by Crippen LogP contribution is 2.66. The van der Waals surface area contributed by atoms with Gasteiger partial charge in [0.15, 0.2) is 11.5 Å². The molecule has 6 heteroatoms. The second kappa shape index (κ2) is 10.5. The van der Waals surface area contributed by atoms with Gasteiger partial charge in [-0.1, -0.05) is 64.5 Å². The number of nitrogens with zero attached hydrogens (tertiary/aromatic N) is 1. The van der Waals surface area contributed by atoms with E-state index in [1.54, 1.807) is 0 Å². The highest BCUT2D eigenvalue weighted by molar-refractivity contribution is 5.70. The first-order valence-electron chi connectivity index (χ1n) is 15.3. The van der Waals surface area contributed by atoms with Gasteiger partial charge < -0.3 is 19.3 Å². The molecule has 1 spiro atoms. The van der Waals surface area contributed by atoms with Crippen molar-refractivity contribution in [3.8, 4) is 11.5 Å². The minimum Gasteiger partial charge on any atom is -0.481 e. The summed E-state index contributed by atoms with van der Waals surface area (Å²) in [6, 6.07) is 4.03. The Balaban J connectivity index is 1.15. The van der Waals surface area contributed by atoms with Gasteiger partial charge in [-0.3, -0.25) is 4.90 Å². The zero-order chi connectivity index (χ0) is 26.3. The van der Waals surface area contributed by atoms with Crippen LogP contribution in [0.2, 0.25) is 0 Å². The molecule has 1 N–H and O–H groups in total. The molecule has 1 aromatic carbocycles. The van der Waals surface area contributed by atoms with Crippen molar-refractivity contribution in [2.45, 2.75) is 120 Å². The molecular weight excluding hydrogens is 478 g/mol. The average molecular weight is 524 g/mol. The van der Waals surface area contributed by atoms with Gasteiger partial charge in [-0.15, -0.1) is 0 Å². The van der Waals surface area contributed by atoms with Gasteiger partial charge >= 0.3 is 6.16 Å². The van der Waals surface area contributed by atoms with E-state index in [0.29, 0.717) is 24.5 Å². The van der Waals surface area contributed by atoms with Gasteiger partial charge in [0.25, 0.3) is 0 Å². The number of carbonyl (C=O) groups is 1. The van der Waals surface area contributed by atoms with E-state index >= 15 is 0 Å². The molecule has 4 atom stereocenters. The number of unbranched alkanes of at least 4 members (excludes halogenated alkanes) is 7. The Morgan fingerprint density at radius 1 is 1.13 bits per heavy atom. The molecule has 0 aromatic heterocycles. The lowest BCUT2D eigenvalue weighted by Crippen LogP contribution is -2.75. The van der Waals surface area contributed by atoms with Crippen molar-refractivity contribution >= 4 is 6.16 Å². The molecule has 6 nitrogen and oxygen atoms in total. The Bertz CT molecular complexity index is 1070. The van der Waals surface area contributed by atoms with Crippen molar-refractivity contribution in [2.75, 3.05) is 19.7 Å². The van der Waals surface area contributed by atoms with Crippen molar-refractivity contribution in [3.05, 3.63) is 35.4 Å². The van der Waals surface area contributed by atoms with Crippen LogP contribution in [0.1, 0.15) is 102 Å². The van der Waals surface area contributed by atoms with Crippen molar-refractivity contribution in [2.24, 2.45) is 5.92 Å². The fourth-order valence-corrected chi connectivity index (χ4v) is 7.97. The van der Waals surface area contributed by atoms with Gasteiger partial charge in [0.1, 0.15) is 6.10 Å². The summed E-state index contributed by atoms with van der Waals surface area (Å²) in [4.78, 5) is 15.2. The number of rotatable bonds is 12. The van der Waals surface area contributed by atoms with Crippen LogP contribution in [0.3, 0.4) is 0 Å². The topological polar surface area (TPSA) is 68.2 Å². The number of piperidine rings is 1. The first kappa shape index (κ1) is 26.2. The molecule has 1 aromatic rings. The van der Waals surface area contributed by atoms with Gasteiger partial charge in [-0.25, -0.2) is 4.79 Å². The second-order valence-electron chi connectivity index (χ2n) is 12.6. The Kier molecular flexibility index (Phi) is 7.23. The van der Waals surface area contributed by atoms with Crippen molar-refractivity contribution in [1.29, 1.82) is 0 Å². The highest BCUT2D eigenvalue weighted by Gasteiger charge is 2.72. The molecular formula is C32H45NO5. The normalized spacial score (nSPS) is 31.1. The van der Waals surface area contributed by atoms with Crippen LogP contribution in [-0.4, -0.2) is 53.6 Å². The van der Waals surface area contributed by atoms with Crippen LogP contribution in [0, 0.1) is 5.92 Å². The zero-order valence-electron chi connectivity index (χ0n) is 23.1. The fourth-order valence-electron chi connectivity index (χ4n) is 7.97. The quantitative estimate of drug-likeness (QED) is 0.147. The first-order valence-corrected chi connectivity index (χ1v) is 15.3. The molecule has 2 heterocycles. The highest BCUT2D eigenvalue weighted by atomic mass is 16.7. The molecule has 3 aliphatic carbocycles. The zero-order valence-corrected chi connectivity index (χ0v) is 23.1. The summed E-state index contributed by atoms with van der Waals surface area (Å²) in [5, 5.41) is 12.5. The molecule has 0 amide bonds. The van der Waals surface area contributed by atoms with Crippen LogP contribution in [0.15, 0.2) is 24.3 Å². The molecule has 0 radical (unpaired) electrons. The molecule has 2 aliphatic heterocycles. The van der Waals surface area contributed by atoms with Crippen LogP contribution < -0.4 is 9.47 Å². The minimum absolute atomic E-state index is 0.0953. The SMILES string of the molecule is C=C1CCC2(O)C3Cc4ccc(OC(=O)OCCCCCCCCCC)c5c4C2(CCN3CC2CC2)C1O5. The van der Waals surface area contributed by atoms with E-state index in [-0.39, 0.29) is 12.1 Å². The van der Waals surface area contributed by atoms with Crippen LogP contribution in [-0.2, 0) is 16.6 Å². The van der Waals surface area contributed by atoms with Crippen molar-refractivity contribution < 1.29 is 24.1 Å². The van der Waals surface area contributed by atoms with Crippen LogP contribution in [0.4, 0.5) is 4.79 Å². The predicted octanol–water partition coefficient (Wildman–Crippen LogP) is 6.46. The van der Waals surface area contributed by atoms with E-state index in [4.69, 9.17) is 14.2 Å². The molecule has 2 saturated carbocycles. The van der Waals surface area contributed by atoms with Gasteiger partial charge in [0.05, 0.1) is 17.6 Å². The van der Waals surface area contributed by atoms with Crippen LogP contribution >= 0.6 is 0 Å². The van der Waals surface area contributed by atoms with Gasteiger partial charge in [0, 0.05) is 18.2 Å². The minimum atomic E-state index is -0.861. The standard InChI is InChI=1S/C32H45NO5/c1-3-4-5-6-7-8-9-10-19-36-30(34)37-25-14-13-24-20-26-32(35)16-15-22(2)29-31(32,27(24)28(25)38-29)17-18-33(26)21-23-11-12-23/h13-14,23,26,29,35H,2-12,15-21H2,1H3. The number of likely N-dealkylation sites (tertiary alicyclic amines) is 1. The Labute approximate surface area is 227 Å². The van der Waals surface area contributed by atoms with E-state index in [0.717, 1.165) is 62.2 Å². The summed E-state index contributed by atoms with van der Waals surface area (Å²) in [7, 11) is 0. The summed E-state index contributed by atoms with van der Waals surface area (Å²) in [6.45, 7) is 9.02. The Morgan fingerprint density at radius 3 is 2.66 bits per heavy atom. The Hall–Kier alpha value is -2.05. The molecule has 4 unspecified atom stereocenters. The van der Waals surface area contributed by atoms with Gasteiger partial charge in [-0.05, 0) is 74.6 Å². The molecule has 1 saturated heterocycles. The Morgan fingerprint density at radius 2 is 1.89 bits per heavy atom. The molecule has 5 aliphatic rings. The van der Waals surface area contributed by atoms with E-state index in [2.05, 4.69) is 24.5 Å². The van der Waals surface area contributed by atoms with E-state index in [9.17, 15) is 9.90 Å². The van der Waals surface area contributed by atoms with Gasteiger partial charge in [-0.2, -0.15) is 0 Å². The smallest absolute Gasteiger partial charge is 0.481 e. The maximum atomic E-state index is 12.6. The van der Waals surface area contributed by atoms with E-state index < -0.39 is 17.2 Å². The lowest BCUT2D eigenvalue weighted by Gasteiger charge is -2.63. The number of carbonyl (C=O) groups excluding carboxylic acids is 1. The number of benzene rings is 1. The van der Waals surface area contributed by atoms with Crippen molar-refractivity contribution in [1.82, 2.24) is 4.90 Å². The van der Waals surface area contributed by atoms with Crippen LogP contribution in [0.25, 0.3) is 0 Å². The molecule has 2 bridgehead atoms. The molecule has 6 rings (SSSR count). The number of aliphatic hydroxyl groups is 1. The summed E-state index contributed by atoms with van der Waals surface area (Å²) < 4.78 is 17.8. The van der Waals surface area contributed by atoms with Crippen LogP contribution in [0.5, 0.6) is 11.5 Å². The van der Waals surface area contributed by atoms with E-state index in [1.165, 1.54) is 56.9 Å². The van der Waals surface area contributed by atoms with Crippen molar-refractivity contribution in [3.63, 3.8) is 0 Å². The maximum absolute atomic E-state index is 12.6. The number of ether oxygens (including phenoxy) is 3. The lowest BCUT2D eigenvalue weighted by molar-refractivity contribution is -0.174.